The van der Waals surface area contributed by atoms with Gasteiger partial charge in [0, 0.05) is 25.2 Å². The highest BCUT2D eigenvalue weighted by Gasteiger charge is 2.34. The second kappa shape index (κ2) is 6.50. The molecule has 2 heterocycles. The quantitative estimate of drug-likeness (QED) is 0.891. The molecule has 0 amide bonds. The van der Waals surface area contributed by atoms with Crippen molar-refractivity contribution >= 4 is 17.6 Å². The van der Waals surface area contributed by atoms with E-state index in [1.54, 1.807) is 0 Å². The van der Waals surface area contributed by atoms with E-state index >= 15 is 0 Å². The normalized spacial score (nSPS) is 25.5. The number of hydrogen-bond acceptors (Lipinski definition) is 5. The van der Waals surface area contributed by atoms with Crippen molar-refractivity contribution in [2.45, 2.75) is 57.9 Å². The zero-order valence-corrected chi connectivity index (χ0v) is 13.0. The topological polar surface area (TPSA) is 67.1 Å². The second-order valence-corrected chi connectivity index (χ2v) is 6.34. The van der Waals surface area contributed by atoms with Crippen LogP contribution in [0.15, 0.2) is 6.07 Å². The van der Waals surface area contributed by atoms with Crippen LogP contribution < -0.4 is 16.0 Å². The molecule has 0 aromatic carbocycles. The van der Waals surface area contributed by atoms with E-state index in [4.69, 9.17) is 5.73 Å². The molecule has 1 aromatic rings. The summed E-state index contributed by atoms with van der Waals surface area (Å²) in [6, 6.07) is 2.73. The number of fused-ring (bicyclic) bond motifs is 1. The number of nitrogens with zero attached hydrogens (tertiary/aromatic N) is 3. The summed E-state index contributed by atoms with van der Waals surface area (Å²) in [5.41, 5.74) is 5.92. The molecule has 1 aliphatic heterocycles. The first-order chi connectivity index (χ1) is 10.3. The van der Waals surface area contributed by atoms with E-state index in [1.807, 2.05) is 0 Å². The molecule has 5 nitrogen and oxygen atoms in total. The van der Waals surface area contributed by atoms with Crippen LogP contribution in [0.1, 0.15) is 51.9 Å². The Morgan fingerprint density at radius 1 is 1.24 bits per heavy atom. The van der Waals surface area contributed by atoms with Gasteiger partial charge in [-0.25, -0.2) is 0 Å². The second-order valence-electron chi connectivity index (χ2n) is 6.34. The van der Waals surface area contributed by atoms with Gasteiger partial charge in [0.25, 0.3) is 0 Å². The van der Waals surface area contributed by atoms with Crippen molar-refractivity contribution in [2.24, 2.45) is 5.92 Å². The van der Waals surface area contributed by atoms with Gasteiger partial charge < -0.3 is 16.0 Å². The summed E-state index contributed by atoms with van der Waals surface area (Å²) in [4.78, 5) is 11.3. The minimum Gasteiger partial charge on any atom is -0.370 e. The average molecular weight is 289 g/mol. The fraction of sp³-hybridized carbons (Fsp3) is 0.750. The minimum absolute atomic E-state index is 0.379. The standard InChI is InChI=1S/C16H27N5/c1-2-9-18-14-11-15(20-16(17)19-14)21-10-5-7-12-6-3-4-8-13(12)21/h11-13H,2-10H2,1H3,(H3,17,18,19,20)/t12-,13-/m1/s1. The van der Waals surface area contributed by atoms with E-state index in [1.165, 1.54) is 38.5 Å². The van der Waals surface area contributed by atoms with Crippen LogP contribution in [0.4, 0.5) is 17.6 Å². The van der Waals surface area contributed by atoms with Gasteiger partial charge in [-0.1, -0.05) is 19.8 Å². The molecular weight excluding hydrogens is 262 g/mol. The number of rotatable bonds is 4. The number of aromatic nitrogens is 2. The van der Waals surface area contributed by atoms with E-state index in [9.17, 15) is 0 Å². The van der Waals surface area contributed by atoms with Crippen LogP contribution in [-0.2, 0) is 0 Å². The molecule has 3 rings (SSSR count). The molecule has 0 spiro atoms. The Balaban J connectivity index is 1.82. The molecule has 2 aliphatic rings. The summed E-state index contributed by atoms with van der Waals surface area (Å²) in [6.45, 7) is 4.17. The van der Waals surface area contributed by atoms with Crippen LogP contribution in [0.2, 0.25) is 0 Å². The highest BCUT2D eigenvalue weighted by molar-refractivity contribution is 5.53. The minimum atomic E-state index is 0.379. The monoisotopic (exact) mass is 289 g/mol. The van der Waals surface area contributed by atoms with E-state index in [2.05, 4.69) is 33.2 Å². The Kier molecular flexibility index (Phi) is 4.46. The molecule has 1 aliphatic carbocycles. The Labute approximate surface area is 127 Å². The van der Waals surface area contributed by atoms with Crippen molar-refractivity contribution in [2.75, 3.05) is 29.0 Å². The fourth-order valence-corrected chi connectivity index (χ4v) is 3.85. The van der Waals surface area contributed by atoms with Crippen molar-refractivity contribution < 1.29 is 0 Å². The first-order valence-electron chi connectivity index (χ1n) is 8.43. The van der Waals surface area contributed by atoms with Crippen molar-refractivity contribution in [3.8, 4) is 0 Å². The van der Waals surface area contributed by atoms with Gasteiger partial charge in [-0.15, -0.1) is 0 Å². The number of nitrogen functional groups attached to an aromatic ring is 1. The highest BCUT2D eigenvalue weighted by Crippen LogP contribution is 2.37. The van der Waals surface area contributed by atoms with Crippen LogP contribution in [0.5, 0.6) is 0 Å². The molecule has 21 heavy (non-hydrogen) atoms. The van der Waals surface area contributed by atoms with E-state index in [0.717, 1.165) is 37.1 Å². The van der Waals surface area contributed by atoms with Crippen LogP contribution >= 0.6 is 0 Å². The molecule has 0 unspecified atom stereocenters. The molecule has 1 aromatic heterocycles. The summed E-state index contributed by atoms with van der Waals surface area (Å²) in [5.74, 6) is 3.09. The Morgan fingerprint density at radius 2 is 2.05 bits per heavy atom. The SMILES string of the molecule is CCCNc1cc(N2CCC[C@H]3CCCC[C@H]32)nc(N)n1. The Morgan fingerprint density at radius 3 is 2.90 bits per heavy atom. The van der Waals surface area contributed by atoms with Gasteiger partial charge in [0.2, 0.25) is 5.95 Å². The molecule has 0 bridgehead atoms. The first-order valence-corrected chi connectivity index (χ1v) is 8.43. The van der Waals surface area contributed by atoms with Crippen molar-refractivity contribution in [3.05, 3.63) is 6.07 Å². The molecule has 0 radical (unpaired) electrons. The average Bonchev–Trinajstić information content (AvgIpc) is 2.52. The lowest BCUT2D eigenvalue weighted by Crippen LogP contribution is -2.47. The number of anilines is 3. The summed E-state index contributed by atoms with van der Waals surface area (Å²) >= 11 is 0. The van der Waals surface area contributed by atoms with E-state index in [0.29, 0.717) is 12.0 Å². The summed E-state index contributed by atoms with van der Waals surface area (Å²) in [5, 5.41) is 3.33. The van der Waals surface area contributed by atoms with Gasteiger partial charge in [-0.3, -0.25) is 0 Å². The third-order valence-electron chi connectivity index (χ3n) is 4.82. The maximum Gasteiger partial charge on any atom is 0.223 e. The van der Waals surface area contributed by atoms with Gasteiger partial charge in [0.1, 0.15) is 11.6 Å². The largest absolute Gasteiger partial charge is 0.370 e. The number of hydrogen-bond donors (Lipinski definition) is 2. The molecule has 3 N–H and O–H groups in total. The Hall–Kier alpha value is -1.52. The highest BCUT2D eigenvalue weighted by atomic mass is 15.3. The smallest absolute Gasteiger partial charge is 0.223 e. The molecule has 1 saturated carbocycles. The lowest BCUT2D eigenvalue weighted by molar-refractivity contribution is 0.243. The van der Waals surface area contributed by atoms with Crippen LogP contribution in [0.25, 0.3) is 0 Å². The number of nitrogens with one attached hydrogen (secondary N) is 1. The van der Waals surface area contributed by atoms with Gasteiger partial charge in [0.15, 0.2) is 0 Å². The fourth-order valence-electron chi connectivity index (χ4n) is 3.85. The Bertz CT molecular complexity index is 474. The third-order valence-corrected chi connectivity index (χ3v) is 4.82. The van der Waals surface area contributed by atoms with Gasteiger partial charge >= 0.3 is 0 Å². The van der Waals surface area contributed by atoms with Crippen molar-refractivity contribution in [1.82, 2.24) is 9.97 Å². The third kappa shape index (κ3) is 3.22. The molecular formula is C16H27N5. The van der Waals surface area contributed by atoms with Crippen LogP contribution in [0, 0.1) is 5.92 Å². The summed E-state index contributed by atoms with van der Waals surface area (Å²) < 4.78 is 0. The molecule has 5 heteroatoms. The van der Waals surface area contributed by atoms with Gasteiger partial charge in [-0.2, -0.15) is 9.97 Å². The maximum atomic E-state index is 5.92. The van der Waals surface area contributed by atoms with E-state index in [-0.39, 0.29) is 0 Å². The van der Waals surface area contributed by atoms with Gasteiger partial charge in [0.05, 0.1) is 0 Å². The maximum absolute atomic E-state index is 5.92. The van der Waals surface area contributed by atoms with Gasteiger partial charge in [-0.05, 0) is 38.0 Å². The molecule has 1 saturated heterocycles. The number of piperidine rings is 1. The van der Waals surface area contributed by atoms with Crippen LogP contribution in [-0.4, -0.2) is 29.1 Å². The van der Waals surface area contributed by atoms with E-state index < -0.39 is 0 Å². The zero-order valence-electron chi connectivity index (χ0n) is 13.0. The lowest BCUT2D eigenvalue weighted by Gasteiger charge is -2.44. The van der Waals surface area contributed by atoms with Crippen molar-refractivity contribution in [1.29, 1.82) is 0 Å². The predicted molar refractivity (Wildman–Crippen MR) is 87.6 cm³/mol. The van der Waals surface area contributed by atoms with Crippen LogP contribution in [0.3, 0.4) is 0 Å². The predicted octanol–water partition coefficient (Wildman–Crippen LogP) is 3.04. The lowest BCUT2D eigenvalue weighted by atomic mass is 9.78. The molecule has 2 atom stereocenters. The number of nitrogens with two attached hydrogens (primary N) is 1. The summed E-state index contributed by atoms with van der Waals surface area (Å²) in [6.07, 6.45) is 9.14. The van der Waals surface area contributed by atoms with Crippen molar-refractivity contribution in [3.63, 3.8) is 0 Å². The first kappa shape index (κ1) is 14.4. The zero-order chi connectivity index (χ0) is 14.7. The molecule has 116 valence electrons. The summed E-state index contributed by atoms with van der Waals surface area (Å²) in [7, 11) is 0. The molecule has 2 fully saturated rings.